The first-order valence-electron chi connectivity index (χ1n) is 4.17. The lowest BCUT2D eigenvalue weighted by Crippen LogP contribution is -2.32. The molecular weight excluding hydrogens is 370 g/mol. The minimum absolute atomic E-state index is 0.247. The van der Waals surface area contributed by atoms with E-state index in [1.54, 1.807) is 0 Å². The molecule has 0 unspecified atom stereocenters. The molecule has 7 heteroatoms. The Labute approximate surface area is 112 Å². The molecule has 0 saturated carbocycles. The standard InChI is InChI=1S/C9H9ClFIO3S/c1-16(14,15)9(10,12)8(13)6-2-4-7(11)5-3-6/h2-5,8,13H,1H3/t8-,9-/m1/s1. The van der Waals surface area contributed by atoms with Crippen molar-refractivity contribution < 1.29 is 17.9 Å². The van der Waals surface area contributed by atoms with Crippen LogP contribution in [0.5, 0.6) is 0 Å². The van der Waals surface area contributed by atoms with Gasteiger partial charge in [-0.25, -0.2) is 12.8 Å². The summed E-state index contributed by atoms with van der Waals surface area (Å²) in [6.45, 7) is 0. The number of aliphatic hydroxyl groups is 1. The van der Waals surface area contributed by atoms with Crippen LogP contribution in [0.4, 0.5) is 4.39 Å². The largest absolute Gasteiger partial charge is 0.385 e. The minimum atomic E-state index is -3.65. The highest BCUT2D eigenvalue weighted by Crippen LogP contribution is 2.42. The van der Waals surface area contributed by atoms with Gasteiger partial charge in [-0.2, -0.15) is 0 Å². The molecule has 1 rings (SSSR count). The number of hydrogen-bond donors (Lipinski definition) is 1. The first-order chi connectivity index (χ1) is 7.16. The van der Waals surface area contributed by atoms with Crippen molar-refractivity contribution >= 4 is 44.0 Å². The minimum Gasteiger partial charge on any atom is -0.385 e. The zero-order valence-corrected chi connectivity index (χ0v) is 11.9. The molecule has 16 heavy (non-hydrogen) atoms. The van der Waals surface area contributed by atoms with Crippen LogP contribution in [-0.2, 0) is 9.84 Å². The van der Waals surface area contributed by atoms with E-state index in [-0.39, 0.29) is 5.56 Å². The summed E-state index contributed by atoms with van der Waals surface area (Å²) in [5.74, 6) is -0.469. The Morgan fingerprint density at radius 3 is 2.25 bits per heavy atom. The molecule has 2 atom stereocenters. The quantitative estimate of drug-likeness (QED) is 0.648. The van der Waals surface area contributed by atoms with Gasteiger partial charge in [0.15, 0.2) is 9.84 Å². The van der Waals surface area contributed by atoms with Crippen molar-refractivity contribution in [3.8, 4) is 0 Å². The van der Waals surface area contributed by atoms with E-state index in [2.05, 4.69) is 0 Å². The van der Waals surface area contributed by atoms with Gasteiger partial charge >= 0.3 is 0 Å². The van der Waals surface area contributed by atoms with Crippen LogP contribution in [0.25, 0.3) is 0 Å². The summed E-state index contributed by atoms with van der Waals surface area (Å²) in [5, 5.41) is 9.83. The number of hydrogen-bond acceptors (Lipinski definition) is 3. The summed E-state index contributed by atoms with van der Waals surface area (Å²) in [4.78, 5) is 0. The van der Waals surface area contributed by atoms with Crippen molar-refractivity contribution in [3.05, 3.63) is 35.6 Å². The molecule has 0 saturated heterocycles. The first-order valence-corrected chi connectivity index (χ1v) is 7.52. The maximum atomic E-state index is 12.6. The number of benzene rings is 1. The second kappa shape index (κ2) is 4.75. The number of sulfone groups is 1. The Balaban J connectivity index is 3.12. The van der Waals surface area contributed by atoms with Gasteiger partial charge in [-0.05, 0) is 40.3 Å². The Hall–Kier alpha value is 0.0800. The summed E-state index contributed by atoms with van der Waals surface area (Å²) in [6.07, 6.45) is -0.496. The molecule has 0 aliphatic carbocycles. The lowest BCUT2D eigenvalue weighted by atomic mass is 10.1. The van der Waals surface area contributed by atoms with Gasteiger partial charge in [0.05, 0.1) is 0 Å². The van der Waals surface area contributed by atoms with E-state index in [4.69, 9.17) is 11.6 Å². The third-order valence-electron chi connectivity index (χ3n) is 2.00. The Kier molecular flexibility index (Phi) is 4.20. The highest BCUT2D eigenvalue weighted by Gasteiger charge is 2.43. The topological polar surface area (TPSA) is 54.4 Å². The molecular formula is C9H9ClFIO3S. The molecule has 1 aromatic carbocycles. The molecule has 0 aliphatic rings. The number of halogens is 3. The van der Waals surface area contributed by atoms with Crippen molar-refractivity contribution in [1.29, 1.82) is 0 Å². The molecule has 90 valence electrons. The fourth-order valence-electron chi connectivity index (χ4n) is 1.04. The summed E-state index contributed by atoms with van der Waals surface area (Å²) in [6, 6.07) is 4.84. The van der Waals surface area contributed by atoms with Crippen molar-refractivity contribution in [2.45, 2.75) is 8.32 Å². The fourth-order valence-corrected chi connectivity index (χ4v) is 2.07. The predicted molar refractivity (Wildman–Crippen MR) is 68.8 cm³/mol. The van der Waals surface area contributed by atoms with E-state index in [0.717, 1.165) is 18.4 Å². The van der Waals surface area contributed by atoms with Crippen molar-refractivity contribution in [2.24, 2.45) is 0 Å². The lowest BCUT2D eigenvalue weighted by Gasteiger charge is -2.24. The second-order valence-corrected chi connectivity index (χ2v) is 9.37. The van der Waals surface area contributed by atoms with E-state index < -0.39 is 24.0 Å². The van der Waals surface area contributed by atoms with Gasteiger partial charge in [0.1, 0.15) is 11.9 Å². The van der Waals surface area contributed by atoms with Crippen molar-refractivity contribution in [1.82, 2.24) is 0 Å². The van der Waals surface area contributed by atoms with E-state index in [9.17, 15) is 17.9 Å². The zero-order valence-electron chi connectivity index (χ0n) is 8.19. The van der Waals surface area contributed by atoms with Gasteiger partial charge in [0, 0.05) is 6.26 Å². The van der Waals surface area contributed by atoms with Crippen molar-refractivity contribution in [2.75, 3.05) is 6.26 Å². The number of alkyl halides is 2. The van der Waals surface area contributed by atoms with E-state index >= 15 is 0 Å². The third-order valence-corrected chi connectivity index (χ3v) is 7.25. The Bertz CT molecular complexity index is 472. The average molecular weight is 379 g/mol. The summed E-state index contributed by atoms with van der Waals surface area (Å²) < 4.78 is 33.5. The molecule has 0 amide bonds. The normalized spacial score (nSPS) is 17.8. The van der Waals surface area contributed by atoms with Crippen LogP contribution in [0, 0.1) is 5.82 Å². The molecule has 3 nitrogen and oxygen atoms in total. The smallest absolute Gasteiger partial charge is 0.224 e. The molecule has 0 fully saturated rings. The SMILES string of the molecule is CS(=O)(=O)[C@](Cl)(I)[C@H](O)c1ccc(F)cc1. The van der Waals surface area contributed by atoms with Gasteiger partial charge in [-0.1, -0.05) is 23.7 Å². The second-order valence-electron chi connectivity index (χ2n) is 3.29. The zero-order chi connectivity index (χ0) is 12.6. The monoisotopic (exact) mass is 378 g/mol. The molecule has 0 spiro atoms. The van der Waals surface area contributed by atoms with Crippen LogP contribution >= 0.6 is 34.2 Å². The Morgan fingerprint density at radius 2 is 1.88 bits per heavy atom. The van der Waals surface area contributed by atoms with Crippen LogP contribution in [0.3, 0.4) is 0 Å². The molecule has 0 radical (unpaired) electrons. The van der Waals surface area contributed by atoms with Crippen molar-refractivity contribution in [3.63, 3.8) is 0 Å². The van der Waals surface area contributed by atoms with Gasteiger partial charge in [-0.15, -0.1) is 0 Å². The summed E-state index contributed by atoms with van der Waals surface area (Å²) in [7, 11) is -3.65. The molecule has 0 bridgehead atoms. The number of rotatable bonds is 3. The highest BCUT2D eigenvalue weighted by molar-refractivity contribution is 14.1. The number of aliphatic hydroxyl groups excluding tert-OH is 1. The van der Waals surface area contributed by atoms with Gasteiger partial charge < -0.3 is 5.11 Å². The maximum Gasteiger partial charge on any atom is 0.224 e. The highest BCUT2D eigenvalue weighted by atomic mass is 127. The summed E-state index contributed by atoms with van der Waals surface area (Å²) in [5.41, 5.74) is 0.247. The predicted octanol–water partition coefficient (Wildman–Crippen LogP) is 2.23. The van der Waals surface area contributed by atoms with Crippen LogP contribution in [0.1, 0.15) is 11.7 Å². The van der Waals surface area contributed by atoms with Crippen LogP contribution < -0.4 is 0 Å². The van der Waals surface area contributed by atoms with Gasteiger partial charge in [-0.3, -0.25) is 0 Å². The van der Waals surface area contributed by atoms with E-state index in [1.807, 2.05) is 0 Å². The average Bonchev–Trinajstić information content (AvgIpc) is 2.16. The third kappa shape index (κ3) is 2.85. The van der Waals surface area contributed by atoms with Gasteiger partial charge in [0.2, 0.25) is 2.21 Å². The molecule has 1 aromatic rings. The Morgan fingerprint density at radius 1 is 1.44 bits per heavy atom. The molecule has 0 heterocycles. The van der Waals surface area contributed by atoms with E-state index in [0.29, 0.717) is 0 Å². The summed E-state index contributed by atoms with van der Waals surface area (Å²) >= 11 is 7.25. The van der Waals surface area contributed by atoms with E-state index in [1.165, 1.54) is 34.7 Å². The maximum absolute atomic E-state index is 12.6. The van der Waals surface area contributed by atoms with Crippen LogP contribution in [0.15, 0.2) is 24.3 Å². The van der Waals surface area contributed by atoms with Crippen LogP contribution in [-0.4, -0.2) is 22.0 Å². The molecule has 0 aliphatic heterocycles. The molecule has 1 N–H and O–H groups in total. The fraction of sp³-hybridized carbons (Fsp3) is 0.333. The molecule has 0 aromatic heterocycles. The van der Waals surface area contributed by atoms with Gasteiger partial charge in [0.25, 0.3) is 0 Å². The lowest BCUT2D eigenvalue weighted by molar-refractivity contribution is 0.187. The van der Waals surface area contributed by atoms with Crippen LogP contribution in [0.2, 0.25) is 0 Å². The first kappa shape index (κ1) is 14.1.